The molecule has 106 valence electrons. The number of benzene rings is 2. The van der Waals surface area contributed by atoms with Gasteiger partial charge in [-0.25, -0.2) is 0 Å². The molecule has 21 heavy (non-hydrogen) atoms. The maximum atomic E-state index is 11.1. The fourth-order valence-electron chi connectivity index (χ4n) is 1.78. The Bertz CT molecular complexity index is 735. The Morgan fingerprint density at radius 2 is 1.95 bits per heavy atom. The van der Waals surface area contributed by atoms with Gasteiger partial charge in [-0.15, -0.1) is 0 Å². The van der Waals surface area contributed by atoms with E-state index in [1.165, 1.54) is 19.2 Å². The third kappa shape index (κ3) is 3.09. The SMILES string of the molecule is COc1ccc(Oc2cc(C)ccc2C#N)c([N+](=O)[O-])c1. The lowest BCUT2D eigenvalue weighted by Gasteiger charge is -2.09. The first-order chi connectivity index (χ1) is 10.0. The molecule has 6 nitrogen and oxygen atoms in total. The summed E-state index contributed by atoms with van der Waals surface area (Å²) in [6.45, 7) is 1.84. The van der Waals surface area contributed by atoms with Gasteiger partial charge >= 0.3 is 5.69 Å². The second kappa shape index (κ2) is 5.92. The number of rotatable bonds is 4. The van der Waals surface area contributed by atoms with Gasteiger partial charge in [0.05, 0.1) is 23.7 Å². The van der Waals surface area contributed by atoms with Crippen LogP contribution in [0, 0.1) is 28.4 Å². The molecule has 0 aliphatic rings. The van der Waals surface area contributed by atoms with Crippen molar-refractivity contribution < 1.29 is 14.4 Å². The first kappa shape index (κ1) is 14.3. The Labute approximate surface area is 121 Å². The number of nitro benzene ring substituents is 1. The van der Waals surface area contributed by atoms with Crippen molar-refractivity contribution in [2.24, 2.45) is 0 Å². The zero-order valence-electron chi connectivity index (χ0n) is 11.5. The standard InChI is InChI=1S/C15H12N2O4/c1-10-3-4-11(9-16)15(7-10)21-14-6-5-12(20-2)8-13(14)17(18)19/h3-8H,1-2H3. The summed E-state index contributed by atoms with van der Waals surface area (Å²) >= 11 is 0. The maximum absolute atomic E-state index is 11.1. The number of hydrogen-bond donors (Lipinski definition) is 0. The Morgan fingerprint density at radius 3 is 2.57 bits per heavy atom. The van der Waals surface area contributed by atoms with Crippen LogP contribution in [0.3, 0.4) is 0 Å². The van der Waals surface area contributed by atoms with E-state index in [0.717, 1.165) is 5.56 Å². The molecule has 0 unspecified atom stereocenters. The number of nitro groups is 1. The first-order valence-electron chi connectivity index (χ1n) is 6.06. The van der Waals surface area contributed by atoms with Crippen LogP contribution in [0.1, 0.15) is 11.1 Å². The van der Waals surface area contributed by atoms with Crippen LogP contribution in [0.5, 0.6) is 17.2 Å². The highest BCUT2D eigenvalue weighted by Gasteiger charge is 2.18. The van der Waals surface area contributed by atoms with Gasteiger partial charge < -0.3 is 9.47 Å². The molecule has 0 atom stereocenters. The lowest BCUT2D eigenvalue weighted by Crippen LogP contribution is -1.96. The number of aryl methyl sites for hydroxylation is 1. The molecule has 0 saturated heterocycles. The molecule has 2 rings (SSSR count). The van der Waals surface area contributed by atoms with Gasteiger partial charge in [0.25, 0.3) is 0 Å². The Kier molecular flexibility index (Phi) is 4.05. The minimum absolute atomic E-state index is 0.0582. The molecule has 0 saturated carbocycles. The summed E-state index contributed by atoms with van der Waals surface area (Å²) in [4.78, 5) is 10.6. The normalized spacial score (nSPS) is 9.76. The highest BCUT2D eigenvalue weighted by molar-refractivity contribution is 5.55. The largest absolute Gasteiger partial charge is 0.496 e. The molecule has 0 heterocycles. The molecule has 0 bridgehead atoms. The van der Waals surface area contributed by atoms with Crippen LogP contribution in [-0.4, -0.2) is 12.0 Å². The average Bonchev–Trinajstić information content (AvgIpc) is 2.47. The molecular weight excluding hydrogens is 272 g/mol. The van der Waals surface area contributed by atoms with E-state index >= 15 is 0 Å². The van der Waals surface area contributed by atoms with E-state index in [-0.39, 0.29) is 17.2 Å². The van der Waals surface area contributed by atoms with E-state index in [0.29, 0.717) is 11.3 Å². The van der Waals surface area contributed by atoms with Crippen molar-refractivity contribution in [1.29, 1.82) is 5.26 Å². The highest BCUT2D eigenvalue weighted by Crippen LogP contribution is 2.35. The van der Waals surface area contributed by atoms with Crippen molar-refractivity contribution >= 4 is 5.69 Å². The van der Waals surface area contributed by atoms with E-state index < -0.39 is 4.92 Å². The highest BCUT2D eigenvalue weighted by atomic mass is 16.6. The number of methoxy groups -OCH3 is 1. The van der Waals surface area contributed by atoms with E-state index in [4.69, 9.17) is 14.7 Å². The smallest absolute Gasteiger partial charge is 0.315 e. The number of ether oxygens (including phenoxy) is 2. The van der Waals surface area contributed by atoms with Crippen molar-refractivity contribution in [2.45, 2.75) is 6.92 Å². The summed E-state index contributed by atoms with van der Waals surface area (Å²) in [6, 6.07) is 11.3. The van der Waals surface area contributed by atoms with Gasteiger partial charge in [-0.3, -0.25) is 10.1 Å². The van der Waals surface area contributed by atoms with Gasteiger partial charge in [0.15, 0.2) is 0 Å². The predicted octanol–water partition coefficient (Wildman–Crippen LogP) is 3.58. The van der Waals surface area contributed by atoms with E-state index in [1.54, 1.807) is 24.3 Å². The summed E-state index contributed by atoms with van der Waals surface area (Å²) in [6.07, 6.45) is 0. The van der Waals surface area contributed by atoms with Gasteiger partial charge in [-0.1, -0.05) is 6.07 Å². The van der Waals surface area contributed by atoms with Gasteiger partial charge in [0.1, 0.15) is 17.6 Å². The number of nitriles is 1. The molecule has 0 aliphatic heterocycles. The summed E-state index contributed by atoms with van der Waals surface area (Å²) in [5.41, 5.74) is 0.977. The third-order valence-electron chi connectivity index (χ3n) is 2.84. The summed E-state index contributed by atoms with van der Waals surface area (Å²) in [7, 11) is 1.42. The summed E-state index contributed by atoms with van der Waals surface area (Å²) < 4.78 is 10.5. The molecule has 0 amide bonds. The quantitative estimate of drug-likeness (QED) is 0.632. The first-order valence-corrected chi connectivity index (χ1v) is 6.06. The van der Waals surface area contributed by atoms with Crippen LogP contribution in [0.15, 0.2) is 36.4 Å². The van der Waals surface area contributed by atoms with E-state index in [1.807, 2.05) is 13.0 Å². The molecule has 0 spiro atoms. The molecule has 6 heteroatoms. The Balaban J connectivity index is 2.47. The second-order valence-electron chi connectivity index (χ2n) is 4.30. The van der Waals surface area contributed by atoms with Gasteiger partial charge in [0, 0.05) is 0 Å². The second-order valence-corrected chi connectivity index (χ2v) is 4.30. The molecule has 0 N–H and O–H groups in total. The summed E-state index contributed by atoms with van der Waals surface area (Å²) in [5.74, 6) is 0.701. The topological polar surface area (TPSA) is 85.4 Å². The molecule has 0 fully saturated rings. The lowest BCUT2D eigenvalue weighted by molar-refractivity contribution is -0.385. The van der Waals surface area contributed by atoms with Crippen LogP contribution in [0.25, 0.3) is 0 Å². The van der Waals surface area contributed by atoms with E-state index in [2.05, 4.69) is 0 Å². The fraction of sp³-hybridized carbons (Fsp3) is 0.133. The maximum Gasteiger partial charge on any atom is 0.315 e. The van der Waals surface area contributed by atoms with Crippen molar-refractivity contribution in [1.82, 2.24) is 0 Å². The van der Waals surface area contributed by atoms with Gasteiger partial charge in [-0.2, -0.15) is 5.26 Å². The Morgan fingerprint density at radius 1 is 1.19 bits per heavy atom. The van der Waals surface area contributed by atoms with Crippen molar-refractivity contribution in [3.05, 3.63) is 57.6 Å². The minimum Gasteiger partial charge on any atom is -0.496 e. The molecule has 0 aliphatic carbocycles. The third-order valence-corrected chi connectivity index (χ3v) is 2.84. The molecular formula is C15H12N2O4. The van der Waals surface area contributed by atoms with Gasteiger partial charge in [0.2, 0.25) is 5.75 Å². The molecule has 2 aromatic rings. The predicted molar refractivity (Wildman–Crippen MR) is 75.6 cm³/mol. The summed E-state index contributed by atoms with van der Waals surface area (Å²) in [5, 5.41) is 20.2. The van der Waals surface area contributed by atoms with Crippen molar-refractivity contribution in [3.8, 4) is 23.3 Å². The molecule has 0 aromatic heterocycles. The van der Waals surface area contributed by atoms with Crippen LogP contribution in [0.4, 0.5) is 5.69 Å². The van der Waals surface area contributed by atoms with Crippen LogP contribution in [-0.2, 0) is 0 Å². The van der Waals surface area contributed by atoms with E-state index in [9.17, 15) is 10.1 Å². The van der Waals surface area contributed by atoms with Crippen LogP contribution >= 0.6 is 0 Å². The molecule has 2 aromatic carbocycles. The van der Waals surface area contributed by atoms with Crippen molar-refractivity contribution in [2.75, 3.05) is 7.11 Å². The Hall–Kier alpha value is -3.07. The van der Waals surface area contributed by atoms with Crippen LogP contribution in [0.2, 0.25) is 0 Å². The van der Waals surface area contributed by atoms with Crippen LogP contribution < -0.4 is 9.47 Å². The zero-order chi connectivity index (χ0) is 15.4. The zero-order valence-corrected chi connectivity index (χ0v) is 11.5. The average molecular weight is 284 g/mol. The number of nitrogens with zero attached hydrogens (tertiary/aromatic N) is 2. The molecule has 0 radical (unpaired) electrons. The fourth-order valence-corrected chi connectivity index (χ4v) is 1.78. The monoisotopic (exact) mass is 284 g/mol. The lowest BCUT2D eigenvalue weighted by atomic mass is 10.1. The minimum atomic E-state index is -0.556. The van der Waals surface area contributed by atoms with Crippen molar-refractivity contribution in [3.63, 3.8) is 0 Å². The van der Waals surface area contributed by atoms with Gasteiger partial charge in [-0.05, 0) is 36.8 Å². The number of hydrogen-bond acceptors (Lipinski definition) is 5.